The van der Waals surface area contributed by atoms with E-state index in [4.69, 9.17) is 26.4 Å². The van der Waals surface area contributed by atoms with E-state index >= 15 is 0 Å². The summed E-state index contributed by atoms with van der Waals surface area (Å²) in [4.78, 5) is 14.9. The van der Waals surface area contributed by atoms with Crippen LogP contribution in [0.25, 0.3) is 6.08 Å². The molecule has 8 heteroatoms. The maximum Gasteiger partial charge on any atom is 0.263 e. The molecule has 1 aliphatic heterocycles. The fourth-order valence-electron chi connectivity index (χ4n) is 3.23. The quantitative estimate of drug-likeness (QED) is 0.435. The van der Waals surface area contributed by atoms with Gasteiger partial charge < -0.3 is 24.4 Å². The Hall–Kier alpha value is -2.71. The van der Waals surface area contributed by atoms with Crippen molar-refractivity contribution in [1.82, 2.24) is 5.32 Å². The van der Waals surface area contributed by atoms with Crippen molar-refractivity contribution >= 4 is 46.0 Å². The molecule has 1 fully saturated rings. The number of carbonyl (C=O) groups is 1. The lowest BCUT2D eigenvalue weighted by molar-refractivity contribution is -0.115. The molecule has 164 valence electrons. The van der Waals surface area contributed by atoms with Crippen LogP contribution < -0.4 is 24.4 Å². The second-order valence-electron chi connectivity index (χ2n) is 6.76. The summed E-state index contributed by atoms with van der Waals surface area (Å²) in [7, 11) is 3.23. The fraction of sp³-hybridized carbons (Fsp3) is 0.304. The van der Waals surface area contributed by atoms with Gasteiger partial charge in [-0.3, -0.25) is 4.79 Å². The first-order valence-corrected chi connectivity index (χ1v) is 11.2. The van der Waals surface area contributed by atoms with Gasteiger partial charge in [-0.05, 0) is 49.8 Å². The van der Waals surface area contributed by atoms with Crippen molar-refractivity contribution < 1.29 is 19.0 Å². The summed E-state index contributed by atoms with van der Waals surface area (Å²) in [6.07, 6.45) is 1.81. The molecule has 0 atom stereocenters. The van der Waals surface area contributed by atoms with Gasteiger partial charge in [0.25, 0.3) is 5.91 Å². The van der Waals surface area contributed by atoms with E-state index in [1.165, 1.54) is 11.8 Å². The summed E-state index contributed by atoms with van der Waals surface area (Å²) in [6, 6.07) is 11.7. The Labute approximate surface area is 192 Å². The second-order valence-corrected chi connectivity index (χ2v) is 8.48. The van der Waals surface area contributed by atoms with Crippen LogP contribution in [0.4, 0.5) is 5.69 Å². The molecule has 0 unspecified atom stereocenters. The molecule has 2 aromatic rings. The Morgan fingerprint density at radius 3 is 2.29 bits per heavy atom. The summed E-state index contributed by atoms with van der Waals surface area (Å²) < 4.78 is 17.4. The highest BCUT2D eigenvalue weighted by molar-refractivity contribution is 8.26. The SMILES string of the molecule is CCN(CC)c1ccc(C=C2SC(=S)NC2=O)c(OCc2cc(OC)cc(OC)c2)c1. The van der Waals surface area contributed by atoms with Gasteiger partial charge in [0.2, 0.25) is 0 Å². The van der Waals surface area contributed by atoms with Crippen LogP contribution in [0.2, 0.25) is 0 Å². The number of rotatable bonds is 9. The van der Waals surface area contributed by atoms with Crippen LogP contribution in [0.15, 0.2) is 41.3 Å². The van der Waals surface area contributed by atoms with Gasteiger partial charge in [-0.25, -0.2) is 0 Å². The zero-order valence-electron chi connectivity index (χ0n) is 18.1. The molecule has 31 heavy (non-hydrogen) atoms. The largest absolute Gasteiger partial charge is 0.497 e. The Morgan fingerprint density at radius 1 is 1.06 bits per heavy atom. The molecule has 0 aromatic heterocycles. The van der Waals surface area contributed by atoms with Gasteiger partial charge in [0, 0.05) is 36.5 Å². The monoisotopic (exact) mass is 458 g/mol. The number of thiocarbonyl (C=S) groups is 1. The van der Waals surface area contributed by atoms with E-state index in [1.807, 2.05) is 42.5 Å². The van der Waals surface area contributed by atoms with Crippen LogP contribution in [0.1, 0.15) is 25.0 Å². The van der Waals surface area contributed by atoms with Gasteiger partial charge in [0.05, 0.1) is 19.1 Å². The molecule has 1 amide bonds. The van der Waals surface area contributed by atoms with E-state index in [-0.39, 0.29) is 5.91 Å². The number of methoxy groups -OCH3 is 2. The minimum Gasteiger partial charge on any atom is -0.497 e. The van der Waals surface area contributed by atoms with Crippen molar-refractivity contribution in [2.75, 3.05) is 32.2 Å². The molecule has 1 heterocycles. The van der Waals surface area contributed by atoms with E-state index in [9.17, 15) is 4.79 Å². The summed E-state index contributed by atoms with van der Waals surface area (Å²) in [5.41, 5.74) is 2.79. The number of ether oxygens (including phenoxy) is 3. The number of benzene rings is 2. The van der Waals surface area contributed by atoms with Gasteiger partial charge >= 0.3 is 0 Å². The van der Waals surface area contributed by atoms with Crippen LogP contribution in [0.5, 0.6) is 17.2 Å². The van der Waals surface area contributed by atoms with Crippen LogP contribution in [0.3, 0.4) is 0 Å². The average Bonchev–Trinajstić information content (AvgIpc) is 3.10. The zero-order valence-corrected chi connectivity index (χ0v) is 19.7. The van der Waals surface area contributed by atoms with E-state index in [0.29, 0.717) is 33.1 Å². The summed E-state index contributed by atoms with van der Waals surface area (Å²) >= 11 is 6.35. The Balaban J connectivity index is 1.94. The van der Waals surface area contributed by atoms with Crippen molar-refractivity contribution in [1.29, 1.82) is 0 Å². The number of hydrogen-bond acceptors (Lipinski definition) is 7. The zero-order chi connectivity index (χ0) is 22.4. The normalized spacial score (nSPS) is 14.5. The number of hydrogen-bond donors (Lipinski definition) is 1. The minimum absolute atomic E-state index is 0.189. The highest BCUT2D eigenvalue weighted by Crippen LogP contribution is 2.33. The Kier molecular flexibility index (Phi) is 7.81. The average molecular weight is 459 g/mol. The second kappa shape index (κ2) is 10.5. The predicted octanol–water partition coefficient (Wildman–Crippen LogP) is 4.62. The number of amides is 1. The summed E-state index contributed by atoms with van der Waals surface area (Å²) in [6.45, 7) is 6.32. The van der Waals surface area contributed by atoms with E-state index in [2.05, 4.69) is 24.1 Å². The third kappa shape index (κ3) is 5.71. The number of carbonyl (C=O) groups excluding carboxylic acids is 1. The van der Waals surface area contributed by atoms with Gasteiger partial charge in [-0.2, -0.15) is 0 Å². The summed E-state index contributed by atoms with van der Waals surface area (Å²) in [5.74, 6) is 1.89. The van der Waals surface area contributed by atoms with E-state index < -0.39 is 0 Å². The molecule has 1 saturated heterocycles. The maximum atomic E-state index is 12.1. The van der Waals surface area contributed by atoms with Crippen molar-refractivity contribution in [2.45, 2.75) is 20.5 Å². The molecular formula is C23H26N2O4S2. The number of nitrogens with one attached hydrogen (secondary N) is 1. The highest BCUT2D eigenvalue weighted by Gasteiger charge is 2.22. The molecule has 3 rings (SSSR count). The van der Waals surface area contributed by atoms with Crippen molar-refractivity contribution in [2.24, 2.45) is 0 Å². The van der Waals surface area contributed by atoms with Gasteiger partial charge in [-0.15, -0.1) is 0 Å². The lowest BCUT2D eigenvalue weighted by Crippen LogP contribution is -2.21. The lowest BCUT2D eigenvalue weighted by Gasteiger charge is -2.22. The van der Waals surface area contributed by atoms with Crippen molar-refractivity contribution in [3.05, 3.63) is 52.4 Å². The smallest absolute Gasteiger partial charge is 0.263 e. The predicted molar refractivity (Wildman–Crippen MR) is 130 cm³/mol. The molecule has 0 aliphatic carbocycles. The van der Waals surface area contributed by atoms with Crippen LogP contribution >= 0.6 is 24.0 Å². The van der Waals surface area contributed by atoms with Crippen molar-refractivity contribution in [3.63, 3.8) is 0 Å². The number of nitrogens with zero attached hydrogens (tertiary/aromatic N) is 1. The van der Waals surface area contributed by atoms with Gasteiger partial charge in [0.1, 0.15) is 28.2 Å². The molecule has 1 N–H and O–H groups in total. The number of thioether (sulfide) groups is 1. The van der Waals surface area contributed by atoms with Gasteiger partial charge in [-0.1, -0.05) is 24.0 Å². The topological polar surface area (TPSA) is 60.0 Å². The Morgan fingerprint density at radius 2 is 1.74 bits per heavy atom. The first-order chi connectivity index (χ1) is 15.0. The maximum absolute atomic E-state index is 12.1. The molecule has 0 bridgehead atoms. The molecule has 6 nitrogen and oxygen atoms in total. The van der Waals surface area contributed by atoms with E-state index in [1.54, 1.807) is 14.2 Å². The first-order valence-electron chi connectivity index (χ1n) is 9.96. The summed E-state index contributed by atoms with van der Waals surface area (Å²) in [5, 5.41) is 2.65. The highest BCUT2D eigenvalue weighted by atomic mass is 32.2. The third-order valence-electron chi connectivity index (χ3n) is 4.86. The molecule has 0 radical (unpaired) electrons. The van der Waals surface area contributed by atoms with Crippen LogP contribution in [-0.2, 0) is 11.4 Å². The minimum atomic E-state index is -0.189. The molecule has 0 saturated carbocycles. The molecule has 2 aromatic carbocycles. The molecular weight excluding hydrogens is 432 g/mol. The fourth-order valence-corrected chi connectivity index (χ4v) is 4.26. The van der Waals surface area contributed by atoms with Crippen molar-refractivity contribution in [3.8, 4) is 17.2 Å². The Bertz CT molecular complexity index is 981. The molecule has 0 spiro atoms. The first kappa shape index (κ1) is 23.0. The van der Waals surface area contributed by atoms with E-state index in [0.717, 1.165) is 29.9 Å². The van der Waals surface area contributed by atoms with Crippen LogP contribution in [-0.4, -0.2) is 37.5 Å². The molecule has 1 aliphatic rings. The van der Waals surface area contributed by atoms with Crippen LogP contribution in [0, 0.1) is 0 Å². The third-order valence-corrected chi connectivity index (χ3v) is 6.02. The van der Waals surface area contributed by atoms with Gasteiger partial charge in [0.15, 0.2) is 0 Å². The lowest BCUT2D eigenvalue weighted by atomic mass is 10.1. The standard InChI is InChI=1S/C23H26N2O4S2/c1-5-25(6-2)17-8-7-16(11-21-22(26)24-23(30)31-21)20(12-17)29-14-15-9-18(27-3)13-19(10-15)28-4/h7-13H,5-6,14H2,1-4H3,(H,24,26,30). The number of anilines is 1.